The van der Waals surface area contributed by atoms with E-state index in [2.05, 4.69) is 21.3 Å². The van der Waals surface area contributed by atoms with E-state index < -0.39 is 0 Å². The van der Waals surface area contributed by atoms with Gasteiger partial charge in [-0.15, -0.1) is 24.0 Å². The van der Waals surface area contributed by atoms with E-state index in [4.69, 9.17) is 15.2 Å². The van der Waals surface area contributed by atoms with Crippen LogP contribution >= 0.6 is 24.0 Å². The van der Waals surface area contributed by atoms with Gasteiger partial charge in [-0.25, -0.2) is 0 Å². The summed E-state index contributed by atoms with van der Waals surface area (Å²) < 4.78 is 10.6. The second-order valence-corrected chi connectivity index (χ2v) is 5.46. The van der Waals surface area contributed by atoms with Crippen LogP contribution in [0.2, 0.25) is 0 Å². The lowest BCUT2D eigenvalue weighted by Crippen LogP contribution is -2.34. The number of likely N-dealkylation sites (N-methyl/N-ethyl adjacent to an activating group) is 1. The normalized spacial score (nSPS) is 12.6. The van der Waals surface area contributed by atoms with Crippen LogP contribution < -0.4 is 15.8 Å². The molecule has 0 saturated heterocycles. The van der Waals surface area contributed by atoms with Gasteiger partial charge < -0.3 is 25.4 Å². The average Bonchev–Trinajstić information content (AvgIpc) is 2.54. The lowest BCUT2D eigenvalue weighted by molar-refractivity contribution is 0.145. The Labute approximate surface area is 162 Å². The van der Waals surface area contributed by atoms with Crippen molar-refractivity contribution in [2.24, 2.45) is 10.7 Å². The maximum atomic E-state index is 5.93. The molecule has 3 N–H and O–H groups in total. The van der Waals surface area contributed by atoms with Crippen LogP contribution in [0.15, 0.2) is 29.3 Å². The Morgan fingerprint density at radius 2 is 2.12 bits per heavy atom. The SMILES string of the molecule is CCOCCCNC(N)=NCC(c1cccc(OC)c1)N(C)C.I. The zero-order valence-electron chi connectivity index (χ0n) is 15.1. The molecule has 0 radical (unpaired) electrons. The topological polar surface area (TPSA) is 72.1 Å². The van der Waals surface area contributed by atoms with Crippen molar-refractivity contribution in [2.45, 2.75) is 19.4 Å². The first-order valence-corrected chi connectivity index (χ1v) is 8.00. The highest BCUT2D eigenvalue weighted by Crippen LogP contribution is 2.22. The van der Waals surface area contributed by atoms with Gasteiger partial charge >= 0.3 is 0 Å². The van der Waals surface area contributed by atoms with Gasteiger partial charge in [0, 0.05) is 19.8 Å². The van der Waals surface area contributed by atoms with Crippen LogP contribution in [0.3, 0.4) is 0 Å². The number of ether oxygens (including phenoxy) is 2. The molecule has 0 aromatic heterocycles. The Bertz CT molecular complexity index is 483. The Morgan fingerprint density at radius 1 is 1.38 bits per heavy atom. The minimum Gasteiger partial charge on any atom is -0.497 e. The number of hydrogen-bond donors (Lipinski definition) is 2. The van der Waals surface area contributed by atoms with Crippen molar-refractivity contribution in [3.05, 3.63) is 29.8 Å². The van der Waals surface area contributed by atoms with Crippen LogP contribution in [0.25, 0.3) is 0 Å². The quantitative estimate of drug-likeness (QED) is 0.248. The van der Waals surface area contributed by atoms with Crippen LogP contribution in [0, 0.1) is 0 Å². The monoisotopic (exact) mass is 450 g/mol. The highest BCUT2D eigenvalue weighted by atomic mass is 127. The van der Waals surface area contributed by atoms with Crippen LogP contribution in [-0.2, 0) is 4.74 Å². The molecule has 1 aromatic rings. The van der Waals surface area contributed by atoms with E-state index in [0.29, 0.717) is 12.5 Å². The maximum absolute atomic E-state index is 5.93. The number of methoxy groups -OCH3 is 1. The second kappa shape index (κ2) is 13.3. The molecule has 0 aliphatic rings. The summed E-state index contributed by atoms with van der Waals surface area (Å²) in [5.74, 6) is 1.32. The molecule has 0 bridgehead atoms. The molecule has 1 aromatic carbocycles. The summed E-state index contributed by atoms with van der Waals surface area (Å²) in [6.07, 6.45) is 0.914. The molecule has 0 spiro atoms. The van der Waals surface area contributed by atoms with Gasteiger partial charge in [0.2, 0.25) is 0 Å². The third-order valence-electron chi connectivity index (χ3n) is 3.51. The minimum atomic E-state index is 0. The number of halogens is 1. The van der Waals surface area contributed by atoms with Crippen LogP contribution in [0.1, 0.15) is 24.9 Å². The van der Waals surface area contributed by atoms with E-state index in [1.54, 1.807) is 7.11 Å². The Balaban J connectivity index is 0.00000529. The number of rotatable bonds is 10. The molecule has 6 nitrogen and oxygen atoms in total. The minimum absolute atomic E-state index is 0. The fourth-order valence-corrected chi connectivity index (χ4v) is 2.19. The van der Waals surface area contributed by atoms with E-state index in [-0.39, 0.29) is 30.0 Å². The average molecular weight is 450 g/mol. The second-order valence-electron chi connectivity index (χ2n) is 5.46. The third-order valence-corrected chi connectivity index (χ3v) is 3.51. The first kappa shape index (κ1) is 22.9. The first-order valence-electron chi connectivity index (χ1n) is 8.00. The van der Waals surface area contributed by atoms with Gasteiger partial charge in [0.05, 0.1) is 19.7 Å². The Morgan fingerprint density at radius 3 is 2.75 bits per heavy atom. The van der Waals surface area contributed by atoms with Crippen molar-refractivity contribution >= 4 is 29.9 Å². The smallest absolute Gasteiger partial charge is 0.188 e. The van der Waals surface area contributed by atoms with E-state index in [1.165, 1.54) is 0 Å². The van der Waals surface area contributed by atoms with Crippen molar-refractivity contribution in [2.75, 3.05) is 47.5 Å². The fraction of sp³-hybridized carbons (Fsp3) is 0.588. The molecule has 138 valence electrons. The molecular formula is C17H31IN4O2. The van der Waals surface area contributed by atoms with Crippen molar-refractivity contribution in [3.63, 3.8) is 0 Å². The van der Waals surface area contributed by atoms with Gasteiger partial charge in [0.25, 0.3) is 0 Å². The standard InChI is InChI=1S/C17H30N4O2.HI/c1-5-23-11-7-10-19-17(18)20-13-16(21(2)3)14-8-6-9-15(12-14)22-4;/h6,8-9,12,16H,5,7,10-11,13H2,1-4H3,(H3,18,19,20);1H. The Hall–Kier alpha value is -1.06. The van der Waals surface area contributed by atoms with Crippen LogP contribution in [-0.4, -0.2) is 58.4 Å². The molecule has 24 heavy (non-hydrogen) atoms. The summed E-state index contributed by atoms with van der Waals surface area (Å²) in [6.45, 7) is 4.82. The largest absolute Gasteiger partial charge is 0.497 e. The first-order chi connectivity index (χ1) is 11.1. The molecule has 0 aliphatic heterocycles. The summed E-state index contributed by atoms with van der Waals surface area (Å²) in [4.78, 5) is 6.58. The van der Waals surface area contributed by atoms with Crippen LogP contribution in [0.4, 0.5) is 0 Å². The van der Waals surface area contributed by atoms with E-state index in [0.717, 1.165) is 37.5 Å². The van der Waals surface area contributed by atoms with Gasteiger partial charge in [0.1, 0.15) is 5.75 Å². The lowest BCUT2D eigenvalue weighted by atomic mass is 10.1. The molecule has 0 fully saturated rings. The number of guanidine groups is 1. The van der Waals surface area contributed by atoms with E-state index >= 15 is 0 Å². The number of benzene rings is 1. The predicted molar refractivity (Wildman–Crippen MR) is 110 cm³/mol. The van der Waals surface area contributed by atoms with E-state index in [1.807, 2.05) is 39.2 Å². The van der Waals surface area contributed by atoms with Crippen LogP contribution in [0.5, 0.6) is 5.75 Å². The number of aliphatic imine (C=N–C) groups is 1. The molecule has 1 unspecified atom stereocenters. The molecular weight excluding hydrogens is 419 g/mol. The number of nitrogens with one attached hydrogen (secondary N) is 1. The van der Waals surface area contributed by atoms with Crippen molar-refractivity contribution < 1.29 is 9.47 Å². The number of nitrogens with zero attached hydrogens (tertiary/aromatic N) is 2. The highest BCUT2D eigenvalue weighted by Gasteiger charge is 2.14. The van der Waals surface area contributed by atoms with Gasteiger partial charge in [0.15, 0.2) is 5.96 Å². The van der Waals surface area contributed by atoms with Crippen molar-refractivity contribution in [1.29, 1.82) is 0 Å². The summed E-state index contributed by atoms with van der Waals surface area (Å²) in [5.41, 5.74) is 7.08. The van der Waals surface area contributed by atoms with Crippen molar-refractivity contribution in [1.82, 2.24) is 10.2 Å². The Kier molecular flexibility index (Phi) is 12.7. The fourth-order valence-electron chi connectivity index (χ4n) is 2.19. The zero-order chi connectivity index (χ0) is 17.1. The van der Waals surface area contributed by atoms with Gasteiger partial charge in [-0.1, -0.05) is 12.1 Å². The maximum Gasteiger partial charge on any atom is 0.188 e. The molecule has 0 amide bonds. The van der Waals surface area contributed by atoms with E-state index in [9.17, 15) is 0 Å². The molecule has 1 atom stereocenters. The molecule has 1 rings (SSSR count). The van der Waals surface area contributed by atoms with Gasteiger partial charge in [-0.3, -0.25) is 4.99 Å². The molecule has 7 heteroatoms. The lowest BCUT2D eigenvalue weighted by Gasteiger charge is -2.23. The number of hydrogen-bond acceptors (Lipinski definition) is 4. The van der Waals surface area contributed by atoms with Gasteiger partial charge in [-0.2, -0.15) is 0 Å². The van der Waals surface area contributed by atoms with Crippen molar-refractivity contribution in [3.8, 4) is 5.75 Å². The van der Waals surface area contributed by atoms with Gasteiger partial charge in [-0.05, 0) is 45.1 Å². The third kappa shape index (κ3) is 8.70. The molecule has 0 heterocycles. The predicted octanol–water partition coefficient (Wildman–Crippen LogP) is 2.25. The molecule has 0 saturated carbocycles. The highest BCUT2D eigenvalue weighted by molar-refractivity contribution is 14.0. The summed E-state index contributed by atoms with van der Waals surface area (Å²) in [5, 5.41) is 3.11. The zero-order valence-corrected chi connectivity index (χ0v) is 17.4. The molecule has 0 aliphatic carbocycles. The summed E-state index contributed by atoms with van der Waals surface area (Å²) in [7, 11) is 5.74. The number of nitrogens with two attached hydrogens (primary N) is 1. The summed E-state index contributed by atoms with van der Waals surface area (Å²) >= 11 is 0. The summed E-state index contributed by atoms with van der Waals surface area (Å²) in [6, 6.07) is 8.19.